The Bertz CT molecular complexity index is 826. The highest BCUT2D eigenvalue weighted by molar-refractivity contribution is 14.0. The van der Waals surface area contributed by atoms with Crippen LogP contribution in [0.15, 0.2) is 58.4 Å². The molecule has 0 bridgehead atoms. The SMILES string of the molecule is CN=C(NCc1ccc(S(N)(=O)=O)cc1)NCc1cccc(F)c1.I. The van der Waals surface area contributed by atoms with Crippen molar-refractivity contribution in [3.63, 3.8) is 0 Å². The Morgan fingerprint density at radius 3 is 2.20 bits per heavy atom. The first kappa shape index (κ1) is 21.3. The topological polar surface area (TPSA) is 96.6 Å². The summed E-state index contributed by atoms with van der Waals surface area (Å²) in [6.07, 6.45) is 0. The molecule has 0 aromatic heterocycles. The third-order valence-electron chi connectivity index (χ3n) is 3.28. The highest BCUT2D eigenvalue weighted by Crippen LogP contribution is 2.08. The lowest BCUT2D eigenvalue weighted by Crippen LogP contribution is -2.36. The van der Waals surface area contributed by atoms with Gasteiger partial charge in [0, 0.05) is 20.1 Å². The molecule has 0 radical (unpaired) electrons. The lowest BCUT2D eigenvalue weighted by molar-refractivity contribution is 0.597. The van der Waals surface area contributed by atoms with Crippen molar-refractivity contribution in [2.24, 2.45) is 10.1 Å². The molecule has 2 rings (SSSR count). The molecule has 0 unspecified atom stereocenters. The van der Waals surface area contributed by atoms with Gasteiger partial charge in [-0.25, -0.2) is 17.9 Å². The van der Waals surface area contributed by atoms with Gasteiger partial charge in [-0.1, -0.05) is 24.3 Å². The zero-order valence-electron chi connectivity index (χ0n) is 13.6. The van der Waals surface area contributed by atoms with Crippen molar-refractivity contribution >= 4 is 40.0 Å². The van der Waals surface area contributed by atoms with E-state index < -0.39 is 10.0 Å². The van der Waals surface area contributed by atoms with Crippen LogP contribution in [0.1, 0.15) is 11.1 Å². The van der Waals surface area contributed by atoms with Gasteiger partial charge >= 0.3 is 0 Å². The molecule has 136 valence electrons. The van der Waals surface area contributed by atoms with Gasteiger partial charge in [0.15, 0.2) is 5.96 Å². The Morgan fingerprint density at radius 2 is 1.68 bits per heavy atom. The predicted octanol–water partition coefficient (Wildman–Crippen LogP) is 1.96. The Morgan fingerprint density at radius 1 is 1.08 bits per heavy atom. The van der Waals surface area contributed by atoms with E-state index in [1.54, 1.807) is 25.2 Å². The van der Waals surface area contributed by atoms with Gasteiger partial charge in [-0.2, -0.15) is 0 Å². The van der Waals surface area contributed by atoms with Crippen molar-refractivity contribution in [1.82, 2.24) is 10.6 Å². The molecule has 0 saturated carbocycles. The van der Waals surface area contributed by atoms with Gasteiger partial charge in [-0.15, -0.1) is 24.0 Å². The zero-order valence-corrected chi connectivity index (χ0v) is 16.7. The molecule has 0 aliphatic rings. The summed E-state index contributed by atoms with van der Waals surface area (Å²) in [5.74, 6) is 0.266. The van der Waals surface area contributed by atoms with Gasteiger partial charge in [-0.3, -0.25) is 4.99 Å². The number of rotatable bonds is 5. The Balaban J connectivity index is 0.00000312. The number of sulfonamides is 1. The number of halogens is 2. The molecular formula is C16H20FIN4O2S. The van der Waals surface area contributed by atoms with Crippen molar-refractivity contribution in [3.8, 4) is 0 Å². The van der Waals surface area contributed by atoms with Crippen molar-refractivity contribution in [2.45, 2.75) is 18.0 Å². The lowest BCUT2D eigenvalue weighted by Gasteiger charge is -2.12. The van der Waals surface area contributed by atoms with E-state index in [0.717, 1.165) is 11.1 Å². The fraction of sp³-hybridized carbons (Fsp3) is 0.188. The third-order valence-corrected chi connectivity index (χ3v) is 4.21. The van der Waals surface area contributed by atoms with Crippen LogP contribution in [0.3, 0.4) is 0 Å². The largest absolute Gasteiger partial charge is 0.352 e. The van der Waals surface area contributed by atoms with Crippen LogP contribution in [-0.2, 0) is 23.1 Å². The summed E-state index contributed by atoms with van der Waals surface area (Å²) < 4.78 is 35.5. The highest BCUT2D eigenvalue weighted by Gasteiger charge is 2.07. The Hall–Kier alpha value is -1.72. The van der Waals surface area contributed by atoms with Crippen LogP contribution in [0.4, 0.5) is 4.39 Å². The van der Waals surface area contributed by atoms with Crippen LogP contribution in [-0.4, -0.2) is 21.4 Å². The number of benzene rings is 2. The molecule has 2 aromatic carbocycles. The van der Waals surface area contributed by atoms with E-state index in [1.165, 1.54) is 24.3 Å². The van der Waals surface area contributed by atoms with Crippen molar-refractivity contribution in [2.75, 3.05) is 7.05 Å². The summed E-state index contributed by atoms with van der Waals surface area (Å²) in [7, 11) is -2.06. The molecule has 4 N–H and O–H groups in total. The molecule has 0 aliphatic heterocycles. The number of hydrogen-bond acceptors (Lipinski definition) is 3. The van der Waals surface area contributed by atoms with Crippen LogP contribution in [0.5, 0.6) is 0 Å². The molecule has 0 amide bonds. The van der Waals surface area contributed by atoms with Gasteiger partial charge in [0.05, 0.1) is 4.90 Å². The zero-order chi connectivity index (χ0) is 17.6. The highest BCUT2D eigenvalue weighted by atomic mass is 127. The minimum atomic E-state index is -3.69. The maximum atomic E-state index is 13.1. The number of nitrogens with one attached hydrogen (secondary N) is 2. The Kier molecular flexibility index (Phi) is 8.26. The number of aliphatic imine (C=N–C) groups is 1. The molecule has 2 aromatic rings. The predicted molar refractivity (Wildman–Crippen MR) is 107 cm³/mol. The smallest absolute Gasteiger partial charge is 0.238 e. The molecule has 0 heterocycles. The van der Waals surface area contributed by atoms with Gasteiger partial charge in [0.2, 0.25) is 10.0 Å². The van der Waals surface area contributed by atoms with Gasteiger partial charge in [-0.05, 0) is 35.4 Å². The molecule has 6 nitrogen and oxygen atoms in total. The average Bonchev–Trinajstić information content (AvgIpc) is 2.55. The van der Waals surface area contributed by atoms with E-state index in [-0.39, 0.29) is 34.7 Å². The number of hydrogen-bond donors (Lipinski definition) is 3. The standard InChI is InChI=1S/C16H19FN4O2S.HI/c1-19-16(21-11-13-3-2-4-14(17)9-13)20-10-12-5-7-15(8-6-12)24(18,22)23;/h2-9H,10-11H2,1H3,(H2,18,22,23)(H2,19,20,21);1H. The van der Waals surface area contributed by atoms with E-state index in [0.29, 0.717) is 19.0 Å². The molecule has 0 spiro atoms. The molecule has 0 fully saturated rings. The van der Waals surface area contributed by atoms with E-state index >= 15 is 0 Å². The summed E-state index contributed by atoms with van der Waals surface area (Å²) in [5.41, 5.74) is 1.67. The monoisotopic (exact) mass is 478 g/mol. The molecule has 0 atom stereocenters. The molecule has 0 aliphatic carbocycles. The maximum absolute atomic E-state index is 13.1. The second-order valence-electron chi connectivity index (χ2n) is 5.10. The van der Waals surface area contributed by atoms with Crippen LogP contribution in [0.2, 0.25) is 0 Å². The summed E-state index contributed by atoms with van der Waals surface area (Å²) >= 11 is 0. The fourth-order valence-corrected chi connectivity index (χ4v) is 2.55. The van der Waals surface area contributed by atoms with Gasteiger partial charge < -0.3 is 10.6 Å². The number of nitrogens with zero attached hydrogens (tertiary/aromatic N) is 1. The third kappa shape index (κ3) is 6.96. The van der Waals surface area contributed by atoms with E-state index in [9.17, 15) is 12.8 Å². The van der Waals surface area contributed by atoms with Crippen LogP contribution >= 0.6 is 24.0 Å². The van der Waals surface area contributed by atoms with E-state index in [4.69, 9.17) is 5.14 Å². The second kappa shape index (κ2) is 9.68. The summed E-state index contributed by atoms with van der Waals surface area (Å²) in [6, 6.07) is 12.6. The lowest BCUT2D eigenvalue weighted by atomic mass is 10.2. The number of guanidine groups is 1. The maximum Gasteiger partial charge on any atom is 0.238 e. The average molecular weight is 478 g/mol. The molecule has 0 saturated heterocycles. The number of nitrogens with two attached hydrogens (primary N) is 1. The first-order valence-corrected chi connectivity index (χ1v) is 8.74. The van der Waals surface area contributed by atoms with Gasteiger partial charge in [0.1, 0.15) is 5.82 Å². The first-order chi connectivity index (χ1) is 11.4. The first-order valence-electron chi connectivity index (χ1n) is 7.19. The summed E-state index contributed by atoms with van der Waals surface area (Å²) in [4.78, 5) is 4.15. The minimum absolute atomic E-state index is 0. The van der Waals surface area contributed by atoms with Crippen molar-refractivity contribution < 1.29 is 12.8 Å². The van der Waals surface area contributed by atoms with Gasteiger partial charge in [0.25, 0.3) is 0 Å². The number of primary sulfonamides is 1. The normalized spacial score (nSPS) is 11.6. The van der Waals surface area contributed by atoms with Crippen LogP contribution in [0, 0.1) is 5.82 Å². The van der Waals surface area contributed by atoms with Crippen molar-refractivity contribution in [3.05, 3.63) is 65.5 Å². The molecule has 9 heteroatoms. The summed E-state index contributed by atoms with van der Waals surface area (Å²) in [5, 5.41) is 11.2. The van der Waals surface area contributed by atoms with E-state index in [1.807, 2.05) is 6.07 Å². The van der Waals surface area contributed by atoms with Crippen LogP contribution in [0.25, 0.3) is 0 Å². The molecular weight excluding hydrogens is 458 g/mol. The minimum Gasteiger partial charge on any atom is -0.352 e. The summed E-state index contributed by atoms with van der Waals surface area (Å²) in [6.45, 7) is 0.884. The fourth-order valence-electron chi connectivity index (χ4n) is 2.04. The quantitative estimate of drug-likeness (QED) is 0.348. The Labute approximate surface area is 163 Å². The van der Waals surface area contributed by atoms with Crippen molar-refractivity contribution in [1.29, 1.82) is 0 Å². The second-order valence-corrected chi connectivity index (χ2v) is 6.66. The van der Waals surface area contributed by atoms with Crippen LogP contribution < -0.4 is 15.8 Å². The molecule has 25 heavy (non-hydrogen) atoms. The van der Waals surface area contributed by atoms with E-state index in [2.05, 4.69) is 15.6 Å².